The Kier molecular flexibility index (Phi) is 4.23. The van der Waals surface area contributed by atoms with Crippen LogP contribution in [0.15, 0.2) is 27.1 Å². The molecule has 0 amide bonds. The Hall–Kier alpha value is -0.350. The lowest BCUT2D eigenvalue weighted by Crippen LogP contribution is -2.56. The molecule has 2 fully saturated rings. The van der Waals surface area contributed by atoms with E-state index in [1.54, 1.807) is 0 Å². The van der Waals surface area contributed by atoms with Crippen molar-refractivity contribution in [2.75, 3.05) is 0 Å². The van der Waals surface area contributed by atoms with Gasteiger partial charge in [0.2, 0.25) is 0 Å². The van der Waals surface area contributed by atoms with Crippen LogP contribution in [0.4, 0.5) is 0 Å². The zero-order chi connectivity index (χ0) is 14.2. The second-order valence-corrected chi connectivity index (χ2v) is 7.56. The number of hydrogen-bond donors (Lipinski definition) is 0. The number of ketones is 1. The lowest BCUT2D eigenvalue weighted by atomic mass is 9.60. The molecule has 0 aromatic heterocycles. The fourth-order valence-corrected chi connectivity index (χ4v) is 4.65. The van der Waals surface area contributed by atoms with Gasteiger partial charge in [0.1, 0.15) is 17.6 Å². The molecular weight excluding hydrogens is 384 g/mol. The number of ether oxygens (including phenoxy) is 1. The molecule has 1 spiro atoms. The van der Waals surface area contributed by atoms with E-state index in [0.29, 0.717) is 12.2 Å². The Morgan fingerprint density at radius 2 is 1.65 bits per heavy atom. The van der Waals surface area contributed by atoms with E-state index >= 15 is 0 Å². The highest BCUT2D eigenvalue weighted by Crippen LogP contribution is 2.50. The summed E-state index contributed by atoms with van der Waals surface area (Å²) in [5, 5.41) is 0. The molecule has 1 atom stereocenters. The van der Waals surface area contributed by atoms with Crippen LogP contribution in [0, 0.1) is 5.41 Å². The number of hydrogen-bond acceptors (Lipinski definition) is 2. The molecule has 1 unspecified atom stereocenters. The Balaban J connectivity index is 1.82. The van der Waals surface area contributed by atoms with Crippen LogP contribution in [0.3, 0.4) is 0 Å². The SMILES string of the molecule is O=C1CC(Oc2c(Br)cccc2Br)C12CCCCCC2. The van der Waals surface area contributed by atoms with Crippen LogP contribution in [0.25, 0.3) is 0 Å². The zero-order valence-corrected chi connectivity index (χ0v) is 14.5. The third-order valence-corrected chi connectivity index (χ3v) is 5.97. The van der Waals surface area contributed by atoms with Crippen molar-refractivity contribution in [2.45, 2.75) is 51.0 Å². The molecule has 3 rings (SSSR count). The van der Waals surface area contributed by atoms with Gasteiger partial charge in [-0.25, -0.2) is 0 Å². The highest BCUT2D eigenvalue weighted by Gasteiger charge is 2.55. The molecule has 0 saturated heterocycles. The van der Waals surface area contributed by atoms with Gasteiger partial charge in [-0.15, -0.1) is 0 Å². The number of rotatable bonds is 2. The normalized spacial score (nSPS) is 25.1. The van der Waals surface area contributed by atoms with Crippen molar-refractivity contribution in [3.8, 4) is 5.75 Å². The monoisotopic (exact) mass is 400 g/mol. The van der Waals surface area contributed by atoms with E-state index in [1.165, 1.54) is 12.8 Å². The van der Waals surface area contributed by atoms with E-state index in [4.69, 9.17) is 4.74 Å². The topological polar surface area (TPSA) is 26.3 Å². The van der Waals surface area contributed by atoms with Crippen LogP contribution in [0.2, 0.25) is 0 Å². The first-order valence-corrected chi connectivity index (χ1v) is 8.86. The van der Waals surface area contributed by atoms with Gasteiger partial charge >= 0.3 is 0 Å². The van der Waals surface area contributed by atoms with Gasteiger partial charge in [0.25, 0.3) is 0 Å². The standard InChI is InChI=1S/C16H18Br2O2/c17-11-6-5-7-12(18)15(11)20-14-10-13(19)16(14)8-3-1-2-4-9-16/h5-7,14H,1-4,8-10H2. The van der Waals surface area contributed by atoms with Crippen molar-refractivity contribution in [3.63, 3.8) is 0 Å². The molecule has 4 heteroatoms. The maximum Gasteiger partial charge on any atom is 0.148 e. The molecule has 0 N–H and O–H groups in total. The lowest BCUT2D eigenvalue weighted by Gasteiger charge is -2.47. The summed E-state index contributed by atoms with van der Waals surface area (Å²) in [4.78, 5) is 12.2. The van der Waals surface area contributed by atoms with Gasteiger partial charge in [0.15, 0.2) is 0 Å². The molecule has 0 radical (unpaired) electrons. The lowest BCUT2D eigenvalue weighted by molar-refractivity contribution is -0.154. The molecule has 2 aliphatic rings. The second kappa shape index (κ2) is 5.80. The van der Waals surface area contributed by atoms with E-state index in [1.807, 2.05) is 18.2 Å². The quantitative estimate of drug-likeness (QED) is 0.674. The van der Waals surface area contributed by atoms with E-state index in [-0.39, 0.29) is 11.5 Å². The number of para-hydroxylation sites is 1. The molecular formula is C16H18Br2O2. The smallest absolute Gasteiger partial charge is 0.148 e. The van der Waals surface area contributed by atoms with Gasteiger partial charge in [-0.2, -0.15) is 0 Å². The minimum absolute atomic E-state index is 0.0445. The van der Waals surface area contributed by atoms with Crippen molar-refractivity contribution < 1.29 is 9.53 Å². The predicted octanol–water partition coefficient (Wildman–Crippen LogP) is 5.27. The predicted molar refractivity (Wildman–Crippen MR) is 86.0 cm³/mol. The van der Waals surface area contributed by atoms with Gasteiger partial charge < -0.3 is 4.74 Å². The van der Waals surface area contributed by atoms with Crippen molar-refractivity contribution in [2.24, 2.45) is 5.41 Å². The molecule has 1 aromatic carbocycles. The summed E-state index contributed by atoms with van der Waals surface area (Å²) < 4.78 is 8.10. The van der Waals surface area contributed by atoms with E-state index in [9.17, 15) is 4.79 Å². The molecule has 1 aromatic rings. The minimum Gasteiger partial charge on any atom is -0.487 e. The minimum atomic E-state index is -0.203. The summed E-state index contributed by atoms with van der Waals surface area (Å²) in [5.41, 5.74) is -0.203. The number of carbonyl (C=O) groups excluding carboxylic acids is 1. The van der Waals surface area contributed by atoms with Crippen LogP contribution in [-0.2, 0) is 4.79 Å². The van der Waals surface area contributed by atoms with Gasteiger partial charge in [0, 0.05) is 6.42 Å². The number of benzene rings is 1. The molecule has 0 aliphatic heterocycles. The van der Waals surface area contributed by atoms with Crippen molar-refractivity contribution in [1.82, 2.24) is 0 Å². The summed E-state index contributed by atoms with van der Waals surface area (Å²) in [7, 11) is 0. The second-order valence-electron chi connectivity index (χ2n) is 5.85. The Labute approximate surface area is 136 Å². The van der Waals surface area contributed by atoms with Crippen LogP contribution >= 0.6 is 31.9 Å². The van der Waals surface area contributed by atoms with E-state index in [0.717, 1.165) is 40.4 Å². The summed E-state index contributed by atoms with van der Waals surface area (Å²) >= 11 is 7.06. The molecule has 108 valence electrons. The fraction of sp³-hybridized carbons (Fsp3) is 0.562. The maximum absolute atomic E-state index is 12.2. The summed E-state index contributed by atoms with van der Waals surface area (Å²) in [5.74, 6) is 1.24. The number of carbonyl (C=O) groups is 1. The van der Waals surface area contributed by atoms with Gasteiger partial charge in [-0.3, -0.25) is 4.79 Å². The first-order valence-electron chi connectivity index (χ1n) is 7.27. The van der Waals surface area contributed by atoms with Gasteiger partial charge in [0.05, 0.1) is 14.4 Å². The summed E-state index contributed by atoms with van der Waals surface area (Å²) in [6.45, 7) is 0. The third kappa shape index (κ3) is 2.45. The fourth-order valence-electron chi connectivity index (χ4n) is 3.47. The van der Waals surface area contributed by atoms with Gasteiger partial charge in [-0.1, -0.05) is 31.7 Å². The van der Waals surface area contributed by atoms with Crippen LogP contribution in [-0.4, -0.2) is 11.9 Å². The highest BCUT2D eigenvalue weighted by atomic mass is 79.9. The largest absolute Gasteiger partial charge is 0.487 e. The average Bonchev–Trinajstić information content (AvgIpc) is 2.69. The van der Waals surface area contributed by atoms with E-state index in [2.05, 4.69) is 31.9 Å². The number of halogens is 2. The molecule has 20 heavy (non-hydrogen) atoms. The molecule has 0 heterocycles. The first-order chi connectivity index (χ1) is 9.63. The Morgan fingerprint density at radius 3 is 2.20 bits per heavy atom. The van der Waals surface area contributed by atoms with Crippen molar-refractivity contribution in [3.05, 3.63) is 27.1 Å². The van der Waals surface area contributed by atoms with Crippen LogP contribution in [0.1, 0.15) is 44.9 Å². The third-order valence-electron chi connectivity index (χ3n) is 4.72. The highest BCUT2D eigenvalue weighted by molar-refractivity contribution is 9.11. The zero-order valence-electron chi connectivity index (χ0n) is 11.3. The van der Waals surface area contributed by atoms with E-state index < -0.39 is 0 Å². The number of Topliss-reactive ketones (excluding diaryl/α,β-unsaturated/α-hetero) is 1. The first kappa shape index (κ1) is 14.6. The summed E-state index contributed by atoms with van der Waals surface area (Å²) in [6.07, 6.45) is 7.42. The Morgan fingerprint density at radius 1 is 1.05 bits per heavy atom. The van der Waals surface area contributed by atoms with Gasteiger partial charge in [-0.05, 0) is 56.8 Å². The molecule has 0 bridgehead atoms. The molecule has 2 nitrogen and oxygen atoms in total. The van der Waals surface area contributed by atoms with Crippen molar-refractivity contribution >= 4 is 37.6 Å². The van der Waals surface area contributed by atoms with Crippen molar-refractivity contribution in [1.29, 1.82) is 0 Å². The molecule has 2 aliphatic carbocycles. The van der Waals surface area contributed by atoms with Crippen LogP contribution in [0.5, 0.6) is 5.75 Å². The maximum atomic E-state index is 12.2. The average molecular weight is 402 g/mol. The van der Waals surface area contributed by atoms with Crippen LogP contribution < -0.4 is 4.74 Å². The molecule has 2 saturated carbocycles. The Bertz CT molecular complexity index is 499. The summed E-state index contributed by atoms with van der Waals surface area (Å²) in [6, 6.07) is 5.91.